The lowest BCUT2D eigenvalue weighted by atomic mass is 10.1. The van der Waals surface area contributed by atoms with E-state index < -0.39 is 0 Å². The number of benzene rings is 2. The predicted octanol–water partition coefficient (Wildman–Crippen LogP) is 4.28. The predicted molar refractivity (Wildman–Crippen MR) is 111 cm³/mol. The number of aromatic nitrogens is 2. The van der Waals surface area contributed by atoms with Crippen molar-refractivity contribution >= 4 is 23.4 Å². The van der Waals surface area contributed by atoms with E-state index in [0.717, 1.165) is 16.3 Å². The average Bonchev–Trinajstić information content (AvgIpc) is 2.75. The molecule has 0 aliphatic carbocycles. The molecule has 7 heteroatoms. The first kappa shape index (κ1) is 19.7. The van der Waals surface area contributed by atoms with E-state index in [1.165, 1.54) is 11.8 Å². The molecule has 0 aliphatic rings. The summed E-state index contributed by atoms with van der Waals surface area (Å²) in [5.74, 6) is 1.75. The quantitative estimate of drug-likeness (QED) is 0.453. The van der Waals surface area contributed by atoms with Gasteiger partial charge in [0.25, 0.3) is 0 Å². The number of nitrogens with one attached hydrogen (secondary N) is 1. The van der Waals surface area contributed by atoms with E-state index in [9.17, 15) is 4.79 Å². The molecule has 6 nitrogen and oxygen atoms in total. The maximum absolute atomic E-state index is 12.3. The molecule has 0 aliphatic heterocycles. The second kappa shape index (κ2) is 9.75. The van der Waals surface area contributed by atoms with Crippen LogP contribution in [-0.4, -0.2) is 35.8 Å². The highest BCUT2D eigenvalue weighted by molar-refractivity contribution is 7.99. The molecule has 1 heterocycles. The lowest BCUT2D eigenvalue weighted by Gasteiger charge is -2.11. The third kappa shape index (κ3) is 5.23. The Morgan fingerprint density at radius 3 is 2.61 bits per heavy atom. The smallest absolute Gasteiger partial charge is 0.225 e. The van der Waals surface area contributed by atoms with Gasteiger partial charge in [0.2, 0.25) is 5.91 Å². The van der Waals surface area contributed by atoms with Crippen molar-refractivity contribution in [3.8, 4) is 22.8 Å². The van der Waals surface area contributed by atoms with Gasteiger partial charge in [0, 0.05) is 23.8 Å². The van der Waals surface area contributed by atoms with Crippen molar-refractivity contribution in [1.82, 2.24) is 9.97 Å². The van der Waals surface area contributed by atoms with E-state index in [4.69, 9.17) is 9.47 Å². The molecular formula is C21H21N3O3S. The Morgan fingerprint density at radius 2 is 1.86 bits per heavy atom. The molecule has 0 bridgehead atoms. The highest BCUT2D eigenvalue weighted by atomic mass is 32.2. The number of ether oxygens (including phenoxy) is 2. The first-order valence-electron chi connectivity index (χ1n) is 8.71. The van der Waals surface area contributed by atoms with Gasteiger partial charge in [0.05, 0.1) is 30.6 Å². The van der Waals surface area contributed by atoms with E-state index in [1.54, 1.807) is 38.7 Å². The molecule has 0 atom stereocenters. The molecule has 144 valence electrons. The van der Waals surface area contributed by atoms with Crippen LogP contribution in [0.3, 0.4) is 0 Å². The number of methoxy groups -OCH3 is 2. The molecule has 2 aromatic carbocycles. The lowest BCUT2D eigenvalue weighted by Crippen LogP contribution is -2.13. The Hall–Kier alpha value is -3.06. The van der Waals surface area contributed by atoms with Crippen LogP contribution in [0, 0.1) is 0 Å². The molecule has 0 unspecified atom stereocenters. The number of carbonyl (C=O) groups is 1. The second-order valence-corrected chi connectivity index (χ2v) is 6.94. The minimum absolute atomic E-state index is 0.0895. The van der Waals surface area contributed by atoms with Gasteiger partial charge < -0.3 is 14.8 Å². The molecule has 1 amide bonds. The standard InChI is InChI=1S/C21H21N3O3S/c1-26-16-8-9-17(19(12-16)27-2)24-20(25)10-11-28-21-13-18(22-14-23-21)15-6-4-3-5-7-15/h3-9,12-14H,10-11H2,1-2H3,(H,24,25). The van der Waals surface area contributed by atoms with Crippen LogP contribution in [0.15, 0.2) is 66.0 Å². The summed E-state index contributed by atoms with van der Waals surface area (Å²) >= 11 is 1.52. The van der Waals surface area contributed by atoms with Crippen molar-refractivity contribution in [3.63, 3.8) is 0 Å². The van der Waals surface area contributed by atoms with Gasteiger partial charge in [-0.05, 0) is 18.2 Å². The van der Waals surface area contributed by atoms with Gasteiger partial charge in [-0.2, -0.15) is 0 Å². The van der Waals surface area contributed by atoms with Crippen LogP contribution < -0.4 is 14.8 Å². The van der Waals surface area contributed by atoms with E-state index in [2.05, 4.69) is 15.3 Å². The van der Waals surface area contributed by atoms with E-state index >= 15 is 0 Å². The van der Waals surface area contributed by atoms with Gasteiger partial charge in [-0.3, -0.25) is 4.79 Å². The summed E-state index contributed by atoms with van der Waals surface area (Å²) in [5.41, 5.74) is 2.52. The fourth-order valence-electron chi connectivity index (χ4n) is 2.55. The van der Waals surface area contributed by atoms with E-state index in [1.807, 2.05) is 36.4 Å². The zero-order valence-corrected chi connectivity index (χ0v) is 16.5. The number of hydrogen-bond donors (Lipinski definition) is 1. The summed E-state index contributed by atoms with van der Waals surface area (Å²) < 4.78 is 10.5. The number of hydrogen-bond acceptors (Lipinski definition) is 6. The number of anilines is 1. The molecule has 1 aromatic heterocycles. The average molecular weight is 395 g/mol. The number of carbonyl (C=O) groups excluding carboxylic acids is 1. The van der Waals surface area contributed by atoms with Crippen LogP contribution in [0.2, 0.25) is 0 Å². The van der Waals surface area contributed by atoms with Crippen LogP contribution in [0.1, 0.15) is 6.42 Å². The first-order valence-corrected chi connectivity index (χ1v) is 9.70. The molecule has 3 rings (SSSR count). The van der Waals surface area contributed by atoms with Gasteiger partial charge in [0.15, 0.2) is 0 Å². The summed E-state index contributed by atoms with van der Waals surface area (Å²) in [6.07, 6.45) is 1.90. The number of amides is 1. The van der Waals surface area contributed by atoms with Gasteiger partial charge >= 0.3 is 0 Å². The van der Waals surface area contributed by atoms with Crippen molar-refractivity contribution in [2.24, 2.45) is 0 Å². The van der Waals surface area contributed by atoms with Crippen molar-refractivity contribution < 1.29 is 14.3 Å². The summed E-state index contributed by atoms with van der Waals surface area (Å²) in [7, 11) is 3.14. The largest absolute Gasteiger partial charge is 0.497 e. The molecular weight excluding hydrogens is 374 g/mol. The molecule has 0 fully saturated rings. The van der Waals surface area contributed by atoms with Crippen molar-refractivity contribution in [2.75, 3.05) is 25.3 Å². The summed E-state index contributed by atoms with van der Waals surface area (Å²) in [5, 5.41) is 3.71. The van der Waals surface area contributed by atoms with Gasteiger partial charge in [-0.15, -0.1) is 11.8 Å². The zero-order chi connectivity index (χ0) is 19.8. The second-order valence-electron chi connectivity index (χ2n) is 5.82. The van der Waals surface area contributed by atoms with E-state index in [0.29, 0.717) is 29.4 Å². The van der Waals surface area contributed by atoms with Crippen molar-refractivity contribution in [1.29, 1.82) is 0 Å². The Kier molecular flexibility index (Phi) is 6.86. The van der Waals surface area contributed by atoms with Crippen LogP contribution in [-0.2, 0) is 4.79 Å². The maximum atomic E-state index is 12.3. The number of thioether (sulfide) groups is 1. The highest BCUT2D eigenvalue weighted by Crippen LogP contribution is 2.29. The Labute approximate surface area is 168 Å². The van der Waals surface area contributed by atoms with Gasteiger partial charge in [-0.1, -0.05) is 30.3 Å². The Balaban J connectivity index is 1.55. The summed E-state index contributed by atoms with van der Waals surface area (Å²) in [6, 6.07) is 17.1. The van der Waals surface area contributed by atoms with Crippen LogP contribution in [0.4, 0.5) is 5.69 Å². The molecule has 28 heavy (non-hydrogen) atoms. The third-order valence-corrected chi connectivity index (χ3v) is 4.90. The summed E-state index contributed by atoms with van der Waals surface area (Å²) in [4.78, 5) is 20.9. The zero-order valence-electron chi connectivity index (χ0n) is 15.7. The van der Waals surface area contributed by atoms with Crippen molar-refractivity contribution in [3.05, 3.63) is 60.9 Å². The van der Waals surface area contributed by atoms with Gasteiger partial charge in [-0.25, -0.2) is 9.97 Å². The van der Waals surface area contributed by atoms with Gasteiger partial charge in [0.1, 0.15) is 17.8 Å². The maximum Gasteiger partial charge on any atom is 0.225 e. The lowest BCUT2D eigenvalue weighted by molar-refractivity contribution is -0.115. The van der Waals surface area contributed by atoms with Crippen LogP contribution in [0.5, 0.6) is 11.5 Å². The molecule has 0 radical (unpaired) electrons. The van der Waals surface area contributed by atoms with Crippen LogP contribution >= 0.6 is 11.8 Å². The third-order valence-electron chi connectivity index (χ3n) is 3.97. The Bertz CT molecular complexity index is 935. The molecule has 0 spiro atoms. The number of nitrogens with zero attached hydrogens (tertiary/aromatic N) is 2. The van der Waals surface area contributed by atoms with Crippen molar-refractivity contribution in [2.45, 2.75) is 11.4 Å². The normalized spacial score (nSPS) is 10.4. The monoisotopic (exact) mass is 395 g/mol. The first-order chi connectivity index (χ1) is 13.7. The Morgan fingerprint density at radius 1 is 1.04 bits per heavy atom. The minimum Gasteiger partial charge on any atom is -0.497 e. The van der Waals surface area contributed by atoms with Crippen LogP contribution in [0.25, 0.3) is 11.3 Å². The topological polar surface area (TPSA) is 73.3 Å². The molecule has 0 saturated carbocycles. The van der Waals surface area contributed by atoms with E-state index in [-0.39, 0.29) is 5.91 Å². The minimum atomic E-state index is -0.0895. The fourth-order valence-corrected chi connectivity index (χ4v) is 3.36. The molecule has 1 N–H and O–H groups in total. The summed E-state index contributed by atoms with van der Waals surface area (Å²) in [6.45, 7) is 0. The fraction of sp³-hybridized carbons (Fsp3) is 0.190. The SMILES string of the molecule is COc1ccc(NC(=O)CCSc2cc(-c3ccccc3)ncn2)c(OC)c1. The highest BCUT2D eigenvalue weighted by Gasteiger charge is 2.10. The molecule has 3 aromatic rings. The number of rotatable bonds is 8. The molecule has 0 saturated heterocycles.